The second-order valence-corrected chi connectivity index (χ2v) is 5.36. The van der Waals surface area contributed by atoms with Gasteiger partial charge < -0.3 is 9.73 Å². The van der Waals surface area contributed by atoms with Gasteiger partial charge in [0.05, 0.1) is 12.8 Å². The summed E-state index contributed by atoms with van der Waals surface area (Å²) in [6.45, 7) is 4.01. The molecule has 2 aromatic rings. The third-order valence-corrected chi connectivity index (χ3v) is 3.63. The SMILES string of the molecule is CNC(CCN(C)Cc1ccco1)c1ccc(C)cc1. The van der Waals surface area contributed by atoms with Crippen LogP contribution in [-0.2, 0) is 6.54 Å². The molecule has 1 aromatic heterocycles. The highest BCUT2D eigenvalue weighted by Crippen LogP contribution is 2.17. The quantitative estimate of drug-likeness (QED) is 0.837. The Morgan fingerprint density at radius 2 is 1.95 bits per heavy atom. The highest BCUT2D eigenvalue weighted by molar-refractivity contribution is 5.24. The molecule has 0 aliphatic rings. The maximum atomic E-state index is 5.38. The van der Waals surface area contributed by atoms with E-state index in [0.717, 1.165) is 25.3 Å². The molecule has 1 N–H and O–H groups in total. The Morgan fingerprint density at radius 3 is 2.55 bits per heavy atom. The van der Waals surface area contributed by atoms with Gasteiger partial charge in [0.2, 0.25) is 0 Å². The van der Waals surface area contributed by atoms with Crippen molar-refractivity contribution in [2.75, 3.05) is 20.6 Å². The van der Waals surface area contributed by atoms with E-state index in [9.17, 15) is 0 Å². The van der Waals surface area contributed by atoms with Crippen LogP contribution < -0.4 is 5.32 Å². The highest BCUT2D eigenvalue weighted by atomic mass is 16.3. The van der Waals surface area contributed by atoms with Gasteiger partial charge in [-0.3, -0.25) is 4.90 Å². The minimum atomic E-state index is 0.398. The smallest absolute Gasteiger partial charge is 0.117 e. The molecule has 0 amide bonds. The van der Waals surface area contributed by atoms with E-state index < -0.39 is 0 Å². The normalized spacial score (nSPS) is 12.8. The molecule has 2 rings (SSSR count). The minimum Gasteiger partial charge on any atom is -0.468 e. The molecule has 0 bridgehead atoms. The third-order valence-electron chi connectivity index (χ3n) is 3.63. The molecule has 0 fully saturated rings. The first kappa shape index (κ1) is 14.8. The number of furan rings is 1. The van der Waals surface area contributed by atoms with Crippen LogP contribution in [0.1, 0.15) is 29.3 Å². The Balaban J connectivity index is 1.85. The fourth-order valence-corrected chi connectivity index (χ4v) is 2.37. The molecular formula is C17H24N2O. The van der Waals surface area contributed by atoms with Crippen LogP contribution in [0.4, 0.5) is 0 Å². The van der Waals surface area contributed by atoms with E-state index in [1.165, 1.54) is 11.1 Å². The molecule has 0 spiro atoms. The lowest BCUT2D eigenvalue weighted by molar-refractivity contribution is 0.278. The van der Waals surface area contributed by atoms with Crippen LogP contribution >= 0.6 is 0 Å². The predicted octanol–water partition coefficient (Wildman–Crippen LogP) is 3.37. The van der Waals surface area contributed by atoms with Gasteiger partial charge in [0.15, 0.2) is 0 Å². The van der Waals surface area contributed by atoms with Gasteiger partial charge >= 0.3 is 0 Å². The number of hydrogen-bond acceptors (Lipinski definition) is 3. The highest BCUT2D eigenvalue weighted by Gasteiger charge is 2.11. The molecule has 1 aromatic carbocycles. The summed E-state index contributed by atoms with van der Waals surface area (Å²) in [6.07, 6.45) is 2.81. The molecular weight excluding hydrogens is 248 g/mol. The number of hydrogen-bond donors (Lipinski definition) is 1. The predicted molar refractivity (Wildman–Crippen MR) is 82.6 cm³/mol. The number of nitrogens with zero attached hydrogens (tertiary/aromatic N) is 1. The van der Waals surface area contributed by atoms with Crippen LogP contribution in [-0.4, -0.2) is 25.5 Å². The van der Waals surface area contributed by atoms with Gasteiger partial charge in [-0.25, -0.2) is 0 Å². The van der Waals surface area contributed by atoms with Crippen LogP contribution in [0.25, 0.3) is 0 Å². The Hall–Kier alpha value is -1.58. The van der Waals surface area contributed by atoms with Crippen molar-refractivity contribution in [1.29, 1.82) is 0 Å². The van der Waals surface area contributed by atoms with E-state index in [-0.39, 0.29) is 0 Å². The van der Waals surface area contributed by atoms with Crippen molar-refractivity contribution < 1.29 is 4.42 Å². The summed E-state index contributed by atoms with van der Waals surface area (Å²) in [5, 5.41) is 3.40. The maximum absolute atomic E-state index is 5.38. The van der Waals surface area contributed by atoms with E-state index in [1.807, 2.05) is 19.2 Å². The van der Waals surface area contributed by atoms with Crippen molar-refractivity contribution in [3.05, 3.63) is 59.5 Å². The first-order chi connectivity index (χ1) is 9.69. The van der Waals surface area contributed by atoms with E-state index in [1.54, 1.807) is 6.26 Å². The zero-order valence-electron chi connectivity index (χ0n) is 12.6. The fourth-order valence-electron chi connectivity index (χ4n) is 2.37. The Morgan fingerprint density at radius 1 is 1.20 bits per heavy atom. The molecule has 108 valence electrons. The number of aryl methyl sites for hydroxylation is 1. The zero-order valence-corrected chi connectivity index (χ0v) is 12.6. The van der Waals surface area contributed by atoms with Gasteiger partial charge in [0, 0.05) is 12.6 Å². The van der Waals surface area contributed by atoms with Crippen molar-refractivity contribution in [3.8, 4) is 0 Å². The minimum absolute atomic E-state index is 0.398. The summed E-state index contributed by atoms with van der Waals surface area (Å²) in [5.41, 5.74) is 2.66. The molecule has 1 unspecified atom stereocenters. The molecule has 0 aliphatic carbocycles. The molecule has 3 nitrogen and oxygen atoms in total. The van der Waals surface area contributed by atoms with Gasteiger partial charge in [-0.2, -0.15) is 0 Å². The zero-order chi connectivity index (χ0) is 14.4. The summed E-state index contributed by atoms with van der Waals surface area (Å²) in [5.74, 6) is 1.02. The first-order valence-corrected chi connectivity index (χ1v) is 7.14. The Labute approximate surface area is 121 Å². The molecule has 0 radical (unpaired) electrons. The van der Waals surface area contributed by atoms with Gasteiger partial charge in [-0.1, -0.05) is 29.8 Å². The monoisotopic (exact) mass is 272 g/mol. The number of nitrogens with one attached hydrogen (secondary N) is 1. The molecule has 3 heteroatoms. The summed E-state index contributed by atoms with van der Waals surface area (Å²) in [6, 6.07) is 13.1. The summed E-state index contributed by atoms with van der Waals surface area (Å²) < 4.78 is 5.38. The lowest BCUT2D eigenvalue weighted by atomic mass is 10.0. The average molecular weight is 272 g/mol. The van der Waals surface area contributed by atoms with Gasteiger partial charge in [0.25, 0.3) is 0 Å². The van der Waals surface area contributed by atoms with Gasteiger partial charge in [0.1, 0.15) is 5.76 Å². The van der Waals surface area contributed by atoms with E-state index in [2.05, 4.69) is 48.5 Å². The molecule has 1 heterocycles. The topological polar surface area (TPSA) is 28.4 Å². The van der Waals surface area contributed by atoms with Crippen LogP contribution in [0.5, 0.6) is 0 Å². The lowest BCUT2D eigenvalue weighted by Crippen LogP contribution is -2.25. The molecule has 0 saturated carbocycles. The second-order valence-electron chi connectivity index (χ2n) is 5.36. The molecule has 0 saturated heterocycles. The maximum Gasteiger partial charge on any atom is 0.117 e. The third kappa shape index (κ3) is 4.22. The number of benzene rings is 1. The Kier molecular flexibility index (Phi) is 5.39. The lowest BCUT2D eigenvalue weighted by Gasteiger charge is -2.21. The van der Waals surface area contributed by atoms with E-state index in [0.29, 0.717) is 6.04 Å². The van der Waals surface area contributed by atoms with E-state index in [4.69, 9.17) is 4.42 Å². The van der Waals surface area contributed by atoms with Crippen molar-refractivity contribution in [2.45, 2.75) is 25.9 Å². The molecule has 0 aliphatic heterocycles. The van der Waals surface area contributed by atoms with Crippen LogP contribution in [0, 0.1) is 6.92 Å². The largest absolute Gasteiger partial charge is 0.468 e. The van der Waals surface area contributed by atoms with Crippen LogP contribution in [0.15, 0.2) is 47.1 Å². The van der Waals surface area contributed by atoms with E-state index >= 15 is 0 Å². The van der Waals surface area contributed by atoms with Crippen molar-refractivity contribution >= 4 is 0 Å². The van der Waals surface area contributed by atoms with Crippen molar-refractivity contribution in [1.82, 2.24) is 10.2 Å². The van der Waals surface area contributed by atoms with Gasteiger partial charge in [-0.15, -0.1) is 0 Å². The number of rotatable bonds is 7. The average Bonchev–Trinajstić information content (AvgIpc) is 2.94. The fraction of sp³-hybridized carbons (Fsp3) is 0.412. The van der Waals surface area contributed by atoms with Crippen LogP contribution in [0.2, 0.25) is 0 Å². The second kappa shape index (κ2) is 7.27. The van der Waals surface area contributed by atoms with Crippen molar-refractivity contribution in [3.63, 3.8) is 0 Å². The summed E-state index contributed by atoms with van der Waals surface area (Å²) in [4.78, 5) is 2.29. The summed E-state index contributed by atoms with van der Waals surface area (Å²) in [7, 11) is 4.15. The van der Waals surface area contributed by atoms with Crippen LogP contribution in [0.3, 0.4) is 0 Å². The summed E-state index contributed by atoms with van der Waals surface area (Å²) >= 11 is 0. The molecule has 1 atom stereocenters. The standard InChI is InChI=1S/C17H24N2O/c1-14-6-8-15(9-7-14)17(18-2)10-11-19(3)13-16-5-4-12-20-16/h4-9,12,17-18H,10-11,13H2,1-3H3. The van der Waals surface area contributed by atoms with Crippen molar-refractivity contribution in [2.24, 2.45) is 0 Å². The Bertz CT molecular complexity index is 490. The molecule has 20 heavy (non-hydrogen) atoms. The first-order valence-electron chi connectivity index (χ1n) is 7.14. The van der Waals surface area contributed by atoms with Gasteiger partial charge in [-0.05, 0) is 45.1 Å².